The van der Waals surface area contributed by atoms with Crippen LogP contribution in [0.1, 0.15) is 24.7 Å². The summed E-state index contributed by atoms with van der Waals surface area (Å²) in [5.74, 6) is 3.31. The number of aliphatic imine (C=N–C) groups is 1. The van der Waals surface area contributed by atoms with E-state index in [1.54, 1.807) is 14.2 Å². The first kappa shape index (κ1) is 24.8. The van der Waals surface area contributed by atoms with Crippen molar-refractivity contribution in [3.63, 3.8) is 0 Å². The Hall–Kier alpha value is -2.49. The Morgan fingerprint density at radius 1 is 1.13 bits per heavy atom. The Morgan fingerprint density at radius 3 is 2.68 bits per heavy atom. The molecule has 168 valence electrons. The lowest BCUT2D eigenvalue weighted by Gasteiger charge is -2.14. The summed E-state index contributed by atoms with van der Waals surface area (Å²) in [6.07, 6.45) is 0.971. The summed E-state index contributed by atoms with van der Waals surface area (Å²) >= 11 is 0. The zero-order valence-electron chi connectivity index (χ0n) is 18.6. The van der Waals surface area contributed by atoms with Crippen LogP contribution in [-0.2, 0) is 13.1 Å². The predicted octanol–water partition coefficient (Wildman–Crippen LogP) is 4.13. The minimum absolute atomic E-state index is 0. The number of halogens is 1. The molecule has 0 aliphatic heterocycles. The molecule has 3 rings (SSSR count). The number of aromatic nitrogens is 2. The molecule has 0 fully saturated rings. The summed E-state index contributed by atoms with van der Waals surface area (Å²) in [5, 5.41) is 6.73. The quantitative estimate of drug-likeness (QED) is 0.186. The predicted molar refractivity (Wildman–Crippen MR) is 137 cm³/mol. The molecule has 1 aromatic heterocycles. The molecule has 0 saturated carbocycles. The van der Waals surface area contributed by atoms with Crippen molar-refractivity contribution in [3.05, 3.63) is 53.9 Å². The van der Waals surface area contributed by atoms with E-state index in [4.69, 9.17) is 9.47 Å². The Labute approximate surface area is 201 Å². The standard InChI is InChI=1S/C23H31N5O2.HI/c1-5-30-21-12-11-18(15-22(21)29-4)16-26-23(24-3)25-13-8-14-28-17(2)27-19-9-6-7-10-20(19)28;/h6-7,9-12,15H,5,8,13-14,16H2,1-4H3,(H2,24,25,26);1H. The Morgan fingerprint density at radius 2 is 1.94 bits per heavy atom. The van der Waals surface area contributed by atoms with Gasteiger partial charge in [-0.05, 0) is 50.1 Å². The van der Waals surface area contributed by atoms with Crippen molar-refractivity contribution in [3.8, 4) is 11.5 Å². The highest BCUT2D eigenvalue weighted by atomic mass is 127. The number of nitrogens with zero attached hydrogens (tertiary/aromatic N) is 3. The monoisotopic (exact) mass is 537 g/mol. The number of rotatable bonds is 9. The molecule has 2 N–H and O–H groups in total. The number of benzene rings is 2. The molecule has 8 heteroatoms. The number of guanidine groups is 1. The minimum Gasteiger partial charge on any atom is -0.493 e. The van der Waals surface area contributed by atoms with Gasteiger partial charge in [0.05, 0.1) is 24.8 Å². The Balaban J connectivity index is 0.00000341. The fraction of sp³-hybridized carbons (Fsp3) is 0.391. The lowest BCUT2D eigenvalue weighted by atomic mass is 10.2. The van der Waals surface area contributed by atoms with Crippen LogP contribution >= 0.6 is 24.0 Å². The van der Waals surface area contributed by atoms with Crippen molar-refractivity contribution in [1.29, 1.82) is 0 Å². The van der Waals surface area contributed by atoms with Crippen molar-refractivity contribution >= 4 is 41.0 Å². The van der Waals surface area contributed by atoms with Crippen molar-refractivity contribution in [2.24, 2.45) is 4.99 Å². The molecule has 0 atom stereocenters. The third kappa shape index (κ3) is 6.49. The second kappa shape index (κ2) is 12.4. The van der Waals surface area contributed by atoms with Gasteiger partial charge in [-0.3, -0.25) is 4.99 Å². The molecule has 7 nitrogen and oxygen atoms in total. The van der Waals surface area contributed by atoms with Gasteiger partial charge in [0.25, 0.3) is 0 Å². The highest BCUT2D eigenvalue weighted by Crippen LogP contribution is 2.27. The summed E-state index contributed by atoms with van der Waals surface area (Å²) in [6, 6.07) is 14.2. The number of hydrogen-bond acceptors (Lipinski definition) is 4. The van der Waals surface area contributed by atoms with E-state index in [2.05, 4.69) is 50.3 Å². The summed E-state index contributed by atoms with van der Waals surface area (Å²) < 4.78 is 13.3. The summed E-state index contributed by atoms with van der Waals surface area (Å²) in [7, 11) is 3.43. The average Bonchev–Trinajstić information content (AvgIpc) is 3.09. The molecule has 0 saturated heterocycles. The van der Waals surface area contributed by atoms with Gasteiger partial charge in [0.15, 0.2) is 17.5 Å². The Bertz CT molecular complexity index is 1000. The van der Waals surface area contributed by atoms with E-state index in [0.717, 1.165) is 53.9 Å². The van der Waals surface area contributed by atoms with Gasteiger partial charge in [-0.25, -0.2) is 4.98 Å². The first-order valence-corrected chi connectivity index (χ1v) is 10.3. The van der Waals surface area contributed by atoms with Crippen LogP contribution in [0.3, 0.4) is 0 Å². The zero-order chi connectivity index (χ0) is 21.3. The molecule has 0 amide bonds. The fourth-order valence-corrected chi connectivity index (χ4v) is 3.43. The summed E-state index contributed by atoms with van der Waals surface area (Å²) in [6.45, 7) is 7.00. The molecule has 0 radical (unpaired) electrons. The molecule has 2 aromatic carbocycles. The first-order valence-electron chi connectivity index (χ1n) is 10.3. The fourth-order valence-electron chi connectivity index (χ4n) is 3.43. The van der Waals surface area contributed by atoms with E-state index in [0.29, 0.717) is 13.2 Å². The summed E-state index contributed by atoms with van der Waals surface area (Å²) in [4.78, 5) is 8.94. The van der Waals surface area contributed by atoms with Gasteiger partial charge in [0, 0.05) is 26.7 Å². The number of imidazole rings is 1. The normalized spacial score (nSPS) is 11.2. The van der Waals surface area contributed by atoms with E-state index < -0.39 is 0 Å². The third-order valence-corrected chi connectivity index (χ3v) is 4.91. The maximum absolute atomic E-state index is 5.57. The smallest absolute Gasteiger partial charge is 0.191 e. The molecule has 0 unspecified atom stereocenters. The molecule has 0 aliphatic carbocycles. The minimum atomic E-state index is 0. The number of nitrogens with one attached hydrogen (secondary N) is 2. The topological polar surface area (TPSA) is 72.7 Å². The van der Waals surface area contributed by atoms with Crippen molar-refractivity contribution < 1.29 is 9.47 Å². The second-order valence-electron chi connectivity index (χ2n) is 6.92. The van der Waals surface area contributed by atoms with Crippen LogP contribution < -0.4 is 20.1 Å². The van der Waals surface area contributed by atoms with Gasteiger partial charge in [0.1, 0.15) is 5.82 Å². The number of hydrogen-bond donors (Lipinski definition) is 2. The first-order chi connectivity index (χ1) is 14.7. The van der Waals surface area contributed by atoms with Crippen LogP contribution in [0.2, 0.25) is 0 Å². The van der Waals surface area contributed by atoms with Crippen LogP contribution in [0.4, 0.5) is 0 Å². The number of para-hydroxylation sites is 2. The van der Waals surface area contributed by atoms with Gasteiger partial charge < -0.3 is 24.7 Å². The zero-order valence-corrected chi connectivity index (χ0v) is 21.0. The lowest BCUT2D eigenvalue weighted by molar-refractivity contribution is 0.310. The maximum Gasteiger partial charge on any atom is 0.191 e. The van der Waals surface area contributed by atoms with Gasteiger partial charge in [-0.1, -0.05) is 18.2 Å². The van der Waals surface area contributed by atoms with Crippen molar-refractivity contribution in [1.82, 2.24) is 20.2 Å². The lowest BCUT2D eigenvalue weighted by Crippen LogP contribution is -2.37. The highest BCUT2D eigenvalue weighted by molar-refractivity contribution is 14.0. The molecule has 3 aromatic rings. The second-order valence-corrected chi connectivity index (χ2v) is 6.92. The maximum atomic E-state index is 5.57. The molecule has 0 bridgehead atoms. The molecule has 31 heavy (non-hydrogen) atoms. The number of aryl methyl sites for hydroxylation is 2. The number of ether oxygens (including phenoxy) is 2. The van der Waals surface area contributed by atoms with Gasteiger partial charge >= 0.3 is 0 Å². The van der Waals surface area contributed by atoms with Crippen LogP contribution in [0, 0.1) is 6.92 Å². The van der Waals surface area contributed by atoms with Gasteiger partial charge in [-0.2, -0.15) is 0 Å². The van der Waals surface area contributed by atoms with Gasteiger partial charge in [0.2, 0.25) is 0 Å². The third-order valence-electron chi connectivity index (χ3n) is 4.91. The number of methoxy groups -OCH3 is 1. The largest absolute Gasteiger partial charge is 0.493 e. The summed E-state index contributed by atoms with van der Waals surface area (Å²) in [5.41, 5.74) is 3.33. The highest BCUT2D eigenvalue weighted by Gasteiger charge is 2.07. The molecule has 0 spiro atoms. The van der Waals surface area contributed by atoms with Crippen LogP contribution in [0.5, 0.6) is 11.5 Å². The van der Waals surface area contributed by atoms with E-state index in [1.165, 1.54) is 5.52 Å². The van der Waals surface area contributed by atoms with Crippen LogP contribution in [0.25, 0.3) is 11.0 Å². The van der Waals surface area contributed by atoms with E-state index in [9.17, 15) is 0 Å². The number of fused-ring (bicyclic) bond motifs is 1. The van der Waals surface area contributed by atoms with Crippen molar-refractivity contribution in [2.75, 3.05) is 27.3 Å². The molecule has 1 heterocycles. The SMILES string of the molecule is CCOc1ccc(CNC(=NC)NCCCn2c(C)nc3ccccc32)cc1OC.I. The molecule has 0 aliphatic rings. The van der Waals surface area contributed by atoms with Crippen molar-refractivity contribution in [2.45, 2.75) is 33.4 Å². The van der Waals surface area contributed by atoms with E-state index in [1.807, 2.05) is 31.2 Å². The molecular weight excluding hydrogens is 505 g/mol. The average molecular weight is 537 g/mol. The van der Waals surface area contributed by atoms with Crippen LogP contribution in [-0.4, -0.2) is 42.8 Å². The van der Waals surface area contributed by atoms with Crippen LogP contribution in [0.15, 0.2) is 47.5 Å². The Kier molecular flexibility index (Phi) is 9.90. The van der Waals surface area contributed by atoms with E-state index >= 15 is 0 Å². The van der Waals surface area contributed by atoms with Gasteiger partial charge in [-0.15, -0.1) is 24.0 Å². The van der Waals surface area contributed by atoms with E-state index in [-0.39, 0.29) is 24.0 Å². The molecular formula is C23H32IN5O2.